The molecule has 29 heavy (non-hydrogen) atoms. The SMILES string of the molecule is CN(C)CCn1c(=O)oc2ccc(NC(=O)c3ccc4c(c3)CCC(=O)N4)cc21. The fourth-order valence-corrected chi connectivity index (χ4v) is 3.38. The molecule has 0 saturated heterocycles. The normalized spacial score (nSPS) is 13.4. The summed E-state index contributed by atoms with van der Waals surface area (Å²) in [6.45, 7) is 1.18. The molecule has 8 heteroatoms. The van der Waals surface area contributed by atoms with Crippen LogP contribution in [0.5, 0.6) is 0 Å². The van der Waals surface area contributed by atoms with Crippen molar-refractivity contribution in [1.29, 1.82) is 0 Å². The molecule has 0 unspecified atom stereocenters. The van der Waals surface area contributed by atoms with Crippen molar-refractivity contribution in [3.8, 4) is 0 Å². The Balaban J connectivity index is 1.57. The molecule has 2 N–H and O–H groups in total. The van der Waals surface area contributed by atoms with Gasteiger partial charge in [0.2, 0.25) is 5.91 Å². The molecule has 0 saturated carbocycles. The second-order valence-corrected chi connectivity index (χ2v) is 7.38. The first-order valence-electron chi connectivity index (χ1n) is 9.43. The average molecular weight is 394 g/mol. The van der Waals surface area contributed by atoms with E-state index < -0.39 is 5.76 Å². The molecule has 2 amide bonds. The van der Waals surface area contributed by atoms with E-state index in [1.54, 1.807) is 41.0 Å². The van der Waals surface area contributed by atoms with Gasteiger partial charge in [0, 0.05) is 36.4 Å². The van der Waals surface area contributed by atoms with Crippen molar-refractivity contribution < 1.29 is 14.0 Å². The Hall–Kier alpha value is -3.39. The second-order valence-electron chi connectivity index (χ2n) is 7.38. The third-order valence-electron chi connectivity index (χ3n) is 4.96. The number of aromatic nitrogens is 1. The van der Waals surface area contributed by atoms with Crippen molar-refractivity contribution in [2.45, 2.75) is 19.4 Å². The maximum Gasteiger partial charge on any atom is 0.419 e. The van der Waals surface area contributed by atoms with Gasteiger partial charge in [0.15, 0.2) is 5.58 Å². The number of fused-ring (bicyclic) bond motifs is 2. The van der Waals surface area contributed by atoms with Crippen LogP contribution in [0.3, 0.4) is 0 Å². The maximum absolute atomic E-state index is 12.7. The van der Waals surface area contributed by atoms with Gasteiger partial charge in [0.1, 0.15) is 0 Å². The summed E-state index contributed by atoms with van der Waals surface area (Å²) in [4.78, 5) is 38.3. The molecule has 0 aliphatic carbocycles. The third kappa shape index (κ3) is 3.93. The van der Waals surface area contributed by atoms with Crippen molar-refractivity contribution >= 4 is 34.3 Å². The first-order chi connectivity index (χ1) is 13.9. The minimum absolute atomic E-state index is 0.0107. The molecule has 150 valence electrons. The Morgan fingerprint density at radius 2 is 2.00 bits per heavy atom. The van der Waals surface area contributed by atoms with Crippen LogP contribution in [0.1, 0.15) is 22.3 Å². The Labute approximate surface area is 167 Å². The smallest absolute Gasteiger partial charge is 0.408 e. The molecule has 0 spiro atoms. The highest BCUT2D eigenvalue weighted by Crippen LogP contribution is 2.24. The molecule has 1 aliphatic rings. The highest BCUT2D eigenvalue weighted by atomic mass is 16.4. The number of hydrogen-bond donors (Lipinski definition) is 2. The molecule has 2 aromatic carbocycles. The van der Waals surface area contributed by atoms with Gasteiger partial charge in [-0.1, -0.05) is 0 Å². The monoisotopic (exact) mass is 394 g/mol. The van der Waals surface area contributed by atoms with Crippen LogP contribution in [0.2, 0.25) is 0 Å². The molecule has 0 fully saturated rings. The number of aryl methyl sites for hydroxylation is 1. The molecule has 1 aromatic heterocycles. The van der Waals surface area contributed by atoms with Crippen molar-refractivity contribution in [2.24, 2.45) is 0 Å². The number of benzene rings is 2. The molecule has 0 radical (unpaired) electrons. The Bertz CT molecular complexity index is 1160. The molecule has 0 bridgehead atoms. The highest BCUT2D eigenvalue weighted by molar-refractivity contribution is 6.06. The third-order valence-corrected chi connectivity index (χ3v) is 4.96. The number of oxazole rings is 1. The molecule has 1 aliphatic heterocycles. The summed E-state index contributed by atoms with van der Waals surface area (Å²) in [7, 11) is 3.87. The standard InChI is InChI=1S/C21H22N4O4/c1-24(2)9-10-25-17-12-15(5-7-18(17)29-21(25)28)22-20(27)14-3-6-16-13(11-14)4-8-19(26)23-16/h3,5-7,11-12H,4,8-10H2,1-2H3,(H,22,27)(H,23,26). The van der Waals surface area contributed by atoms with Crippen LogP contribution in [0, 0.1) is 0 Å². The first kappa shape index (κ1) is 18.9. The van der Waals surface area contributed by atoms with Gasteiger partial charge < -0.3 is 20.0 Å². The van der Waals surface area contributed by atoms with E-state index >= 15 is 0 Å². The number of carbonyl (C=O) groups excluding carboxylic acids is 2. The zero-order chi connectivity index (χ0) is 20.5. The van der Waals surface area contributed by atoms with Gasteiger partial charge in [0.05, 0.1) is 5.52 Å². The Morgan fingerprint density at radius 1 is 1.17 bits per heavy atom. The van der Waals surface area contributed by atoms with E-state index in [1.807, 2.05) is 19.0 Å². The van der Waals surface area contributed by atoms with Crippen molar-refractivity contribution in [3.05, 3.63) is 58.1 Å². The van der Waals surface area contributed by atoms with Crippen LogP contribution in [0.4, 0.5) is 11.4 Å². The number of rotatable bonds is 5. The van der Waals surface area contributed by atoms with E-state index in [0.29, 0.717) is 48.3 Å². The number of amides is 2. The topological polar surface area (TPSA) is 96.6 Å². The van der Waals surface area contributed by atoms with Crippen LogP contribution >= 0.6 is 0 Å². The zero-order valence-corrected chi connectivity index (χ0v) is 16.3. The van der Waals surface area contributed by atoms with Crippen molar-refractivity contribution in [2.75, 3.05) is 31.3 Å². The number of nitrogens with one attached hydrogen (secondary N) is 2. The molecule has 4 rings (SSSR count). The lowest BCUT2D eigenvalue weighted by Crippen LogP contribution is -2.23. The van der Waals surface area contributed by atoms with Crippen LogP contribution in [-0.2, 0) is 17.8 Å². The number of likely N-dealkylation sites (N-methyl/N-ethyl adjacent to an activating group) is 1. The summed E-state index contributed by atoms with van der Waals surface area (Å²) in [5, 5.41) is 5.68. The number of hydrogen-bond acceptors (Lipinski definition) is 5. The summed E-state index contributed by atoms with van der Waals surface area (Å²) in [5.74, 6) is -0.680. The molecule has 3 aromatic rings. The molecular weight excluding hydrogens is 372 g/mol. The lowest BCUT2D eigenvalue weighted by molar-refractivity contribution is -0.116. The highest BCUT2D eigenvalue weighted by Gasteiger charge is 2.17. The number of carbonyl (C=O) groups is 2. The van der Waals surface area contributed by atoms with Gasteiger partial charge in [-0.25, -0.2) is 4.79 Å². The van der Waals surface area contributed by atoms with Gasteiger partial charge in [-0.3, -0.25) is 14.2 Å². The minimum Gasteiger partial charge on any atom is -0.408 e. The molecule has 2 heterocycles. The molecule has 0 atom stereocenters. The predicted octanol–water partition coefficient (Wildman–Crippen LogP) is 2.29. The zero-order valence-electron chi connectivity index (χ0n) is 16.3. The number of nitrogens with zero attached hydrogens (tertiary/aromatic N) is 2. The minimum atomic E-state index is -0.415. The largest absolute Gasteiger partial charge is 0.419 e. The van der Waals surface area contributed by atoms with E-state index in [-0.39, 0.29) is 11.8 Å². The summed E-state index contributed by atoms with van der Waals surface area (Å²) >= 11 is 0. The maximum atomic E-state index is 12.7. The molecule has 8 nitrogen and oxygen atoms in total. The van der Waals surface area contributed by atoms with Gasteiger partial charge in [-0.05, 0) is 62.5 Å². The predicted molar refractivity (Wildman–Crippen MR) is 110 cm³/mol. The van der Waals surface area contributed by atoms with E-state index in [1.165, 1.54) is 0 Å². The summed E-state index contributed by atoms with van der Waals surface area (Å²) in [6.07, 6.45) is 1.03. The fourth-order valence-electron chi connectivity index (χ4n) is 3.38. The lowest BCUT2D eigenvalue weighted by Gasteiger charge is -2.17. The van der Waals surface area contributed by atoms with Crippen LogP contribution in [0.15, 0.2) is 45.6 Å². The van der Waals surface area contributed by atoms with Crippen LogP contribution in [0.25, 0.3) is 11.1 Å². The Morgan fingerprint density at radius 3 is 2.79 bits per heavy atom. The van der Waals surface area contributed by atoms with Gasteiger partial charge >= 0.3 is 5.76 Å². The van der Waals surface area contributed by atoms with E-state index in [4.69, 9.17) is 4.42 Å². The lowest BCUT2D eigenvalue weighted by atomic mass is 10.00. The molecular formula is C21H22N4O4. The summed E-state index contributed by atoms with van der Waals surface area (Å²) < 4.78 is 6.85. The van der Waals surface area contributed by atoms with E-state index in [2.05, 4.69) is 10.6 Å². The second kappa shape index (κ2) is 7.56. The van der Waals surface area contributed by atoms with E-state index in [0.717, 1.165) is 11.3 Å². The van der Waals surface area contributed by atoms with Crippen molar-refractivity contribution in [1.82, 2.24) is 9.47 Å². The van der Waals surface area contributed by atoms with E-state index in [9.17, 15) is 14.4 Å². The van der Waals surface area contributed by atoms with Crippen LogP contribution in [-0.4, -0.2) is 41.9 Å². The van der Waals surface area contributed by atoms with Gasteiger partial charge in [-0.15, -0.1) is 0 Å². The Kier molecular flexibility index (Phi) is 4.94. The van der Waals surface area contributed by atoms with Crippen molar-refractivity contribution in [3.63, 3.8) is 0 Å². The fraction of sp³-hybridized carbons (Fsp3) is 0.286. The van der Waals surface area contributed by atoms with Gasteiger partial charge in [0.25, 0.3) is 5.91 Å². The average Bonchev–Trinajstić information content (AvgIpc) is 3.00. The van der Waals surface area contributed by atoms with Gasteiger partial charge in [-0.2, -0.15) is 0 Å². The summed E-state index contributed by atoms with van der Waals surface area (Å²) in [6, 6.07) is 10.4. The first-order valence-corrected chi connectivity index (χ1v) is 9.43. The number of anilines is 2. The quantitative estimate of drug-likeness (QED) is 0.692. The summed E-state index contributed by atoms with van der Waals surface area (Å²) in [5.41, 5.74) is 3.91. The van der Waals surface area contributed by atoms with Crippen LogP contribution < -0.4 is 16.4 Å².